The fourth-order valence-corrected chi connectivity index (χ4v) is 3.70. The Hall–Kier alpha value is -3.16. The maximum absolute atomic E-state index is 13.4. The highest BCUT2D eigenvalue weighted by atomic mass is 19.4. The van der Waals surface area contributed by atoms with E-state index in [1.165, 1.54) is 4.90 Å². The standard InChI is InChI=1S/C20H15F3N2O3/c21-20(22,23)12-8-13(11-4-2-1-3-5-11)15-10-25(19(28)14(15)9-12)16-6-7-17(26)24-18(16)27/h1-5,8-9,16H,6-7,10H2,(H,24,26,27). The first-order valence-corrected chi connectivity index (χ1v) is 8.70. The van der Waals surface area contributed by atoms with Crippen LogP contribution < -0.4 is 5.32 Å². The molecule has 2 aromatic carbocycles. The number of benzene rings is 2. The third kappa shape index (κ3) is 3.04. The molecule has 2 aliphatic rings. The van der Waals surface area contributed by atoms with E-state index in [0.29, 0.717) is 16.7 Å². The van der Waals surface area contributed by atoms with Crippen molar-refractivity contribution in [3.63, 3.8) is 0 Å². The lowest BCUT2D eigenvalue weighted by Crippen LogP contribution is -2.52. The molecule has 4 rings (SSSR count). The van der Waals surface area contributed by atoms with Gasteiger partial charge in [0.1, 0.15) is 6.04 Å². The molecule has 1 saturated heterocycles. The largest absolute Gasteiger partial charge is 0.416 e. The SMILES string of the molecule is O=C1CCC(N2Cc3c(cc(C(F)(F)F)cc3-c3ccccc3)C2=O)C(=O)N1. The highest BCUT2D eigenvalue weighted by Crippen LogP contribution is 2.40. The van der Waals surface area contributed by atoms with Crippen molar-refractivity contribution >= 4 is 17.7 Å². The van der Waals surface area contributed by atoms with Crippen LogP contribution >= 0.6 is 0 Å². The second-order valence-electron chi connectivity index (χ2n) is 6.81. The van der Waals surface area contributed by atoms with Crippen molar-refractivity contribution in [2.45, 2.75) is 31.6 Å². The van der Waals surface area contributed by atoms with Gasteiger partial charge >= 0.3 is 6.18 Å². The molecule has 1 atom stereocenters. The van der Waals surface area contributed by atoms with Crippen molar-refractivity contribution in [3.05, 3.63) is 59.2 Å². The van der Waals surface area contributed by atoms with Crippen LogP contribution in [0.3, 0.4) is 0 Å². The lowest BCUT2D eigenvalue weighted by atomic mass is 9.94. The Morgan fingerprint density at radius 3 is 2.32 bits per heavy atom. The molecule has 8 heteroatoms. The zero-order chi connectivity index (χ0) is 20.1. The van der Waals surface area contributed by atoms with E-state index in [0.717, 1.165) is 12.1 Å². The second-order valence-corrected chi connectivity index (χ2v) is 6.81. The van der Waals surface area contributed by atoms with Crippen molar-refractivity contribution in [2.75, 3.05) is 0 Å². The van der Waals surface area contributed by atoms with Gasteiger partial charge in [0.15, 0.2) is 0 Å². The van der Waals surface area contributed by atoms with E-state index >= 15 is 0 Å². The van der Waals surface area contributed by atoms with E-state index in [4.69, 9.17) is 0 Å². The Morgan fingerprint density at radius 1 is 1.00 bits per heavy atom. The molecule has 0 bridgehead atoms. The number of carbonyl (C=O) groups is 3. The van der Waals surface area contributed by atoms with E-state index in [1.54, 1.807) is 30.3 Å². The van der Waals surface area contributed by atoms with E-state index in [1.807, 2.05) is 0 Å². The van der Waals surface area contributed by atoms with Crippen molar-refractivity contribution in [1.82, 2.24) is 10.2 Å². The van der Waals surface area contributed by atoms with Gasteiger partial charge in [-0.2, -0.15) is 13.2 Å². The average molecular weight is 388 g/mol. The number of rotatable bonds is 2. The van der Waals surface area contributed by atoms with Gasteiger partial charge in [-0.3, -0.25) is 19.7 Å². The zero-order valence-corrected chi connectivity index (χ0v) is 14.5. The predicted molar refractivity (Wildman–Crippen MR) is 92.9 cm³/mol. The van der Waals surface area contributed by atoms with Crippen LogP contribution in [-0.2, 0) is 22.3 Å². The third-order valence-electron chi connectivity index (χ3n) is 5.07. The molecule has 28 heavy (non-hydrogen) atoms. The van der Waals surface area contributed by atoms with Crippen molar-refractivity contribution in [2.24, 2.45) is 0 Å². The molecule has 5 nitrogen and oxygen atoms in total. The van der Waals surface area contributed by atoms with E-state index in [2.05, 4.69) is 5.32 Å². The number of nitrogens with zero attached hydrogens (tertiary/aromatic N) is 1. The summed E-state index contributed by atoms with van der Waals surface area (Å²) in [7, 11) is 0. The lowest BCUT2D eigenvalue weighted by Gasteiger charge is -2.29. The minimum Gasteiger partial charge on any atom is -0.322 e. The number of fused-ring (bicyclic) bond motifs is 1. The monoisotopic (exact) mass is 388 g/mol. The van der Waals surface area contributed by atoms with Crippen LogP contribution in [0, 0.1) is 0 Å². The molecule has 0 saturated carbocycles. The van der Waals surface area contributed by atoms with E-state index in [-0.39, 0.29) is 24.9 Å². The summed E-state index contributed by atoms with van der Waals surface area (Å²) >= 11 is 0. The number of hydrogen-bond donors (Lipinski definition) is 1. The van der Waals surface area contributed by atoms with Gasteiger partial charge in [0.2, 0.25) is 11.8 Å². The number of halogens is 3. The molecule has 1 unspecified atom stereocenters. The molecule has 1 N–H and O–H groups in total. The molecule has 0 spiro atoms. The predicted octanol–water partition coefficient (Wildman–Crippen LogP) is 3.13. The number of carbonyl (C=O) groups excluding carboxylic acids is 3. The molecule has 144 valence electrons. The van der Waals surface area contributed by atoms with Gasteiger partial charge in [-0.1, -0.05) is 30.3 Å². The minimum atomic E-state index is -4.61. The lowest BCUT2D eigenvalue weighted by molar-refractivity contribution is -0.138. The summed E-state index contributed by atoms with van der Waals surface area (Å²) in [6.45, 7) is 0.0167. The minimum absolute atomic E-state index is 0.0167. The summed E-state index contributed by atoms with van der Waals surface area (Å²) in [4.78, 5) is 37.7. The van der Waals surface area contributed by atoms with Crippen molar-refractivity contribution < 1.29 is 27.6 Å². The molecule has 2 heterocycles. The second kappa shape index (κ2) is 6.47. The van der Waals surface area contributed by atoms with Gasteiger partial charge in [0.25, 0.3) is 5.91 Å². The summed E-state index contributed by atoms with van der Waals surface area (Å²) < 4.78 is 40.2. The highest BCUT2D eigenvalue weighted by Gasteiger charge is 2.42. The topological polar surface area (TPSA) is 66.5 Å². The van der Waals surface area contributed by atoms with Crippen LogP contribution in [-0.4, -0.2) is 28.7 Å². The van der Waals surface area contributed by atoms with E-state index in [9.17, 15) is 27.6 Å². The zero-order valence-electron chi connectivity index (χ0n) is 14.5. The van der Waals surface area contributed by atoms with Gasteiger partial charge in [0, 0.05) is 18.5 Å². The molecule has 3 amide bonds. The maximum Gasteiger partial charge on any atom is 0.416 e. The van der Waals surface area contributed by atoms with Gasteiger partial charge in [-0.15, -0.1) is 0 Å². The van der Waals surface area contributed by atoms with Crippen LogP contribution in [0.4, 0.5) is 13.2 Å². The van der Waals surface area contributed by atoms with Gasteiger partial charge in [-0.25, -0.2) is 0 Å². The number of imide groups is 1. The molecular formula is C20H15F3N2O3. The van der Waals surface area contributed by atoms with Crippen LogP contribution in [0.25, 0.3) is 11.1 Å². The smallest absolute Gasteiger partial charge is 0.322 e. The van der Waals surface area contributed by atoms with Crippen LogP contribution in [0.15, 0.2) is 42.5 Å². The summed E-state index contributed by atoms with van der Waals surface area (Å²) in [5.41, 5.74) is 0.354. The van der Waals surface area contributed by atoms with Crippen molar-refractivity contribution in [1.29, 1.82) is 0 Å². The molecule has 0 aromatic heterocycles. The molecule has 1 fully saturated rings. The van der Waals surface area contributed by atoms with E-state index < -0.39 is 35.5 Å². The summed E-state index contributed by atoms with van der Waals surface area (Å²) in [6, 6.07) is 9.51. The number of amides is 3. The van der Waals surface area contributed by atoms with Gasteiger partial charge in [0.05, 0.1) is 5.56 Å². The quantitative estimate of drug-likeness (QED) is 0.804. The molecule has 0 aliphatic carbocycles. The first-order valence-electron chi connectivity index (χ1n) is 8.70. The Kier molecular flexibility index (Phi) is 4.21. The average Bonchev–Trinajstić information content (AvgIpc) is 2.98. The van der Waals surface area contributed by atoms with Crippen LogP contribution in [0.5, 0.6) is 0 Å². The molecule has 2 aliphatic heterocycles. The first kappa shape index (κ1) is 18.2. The van der Waals surface area contributed by atoms with Gasteiger partial charge in [-0.05, 0) is 35.2 Å². The Labute approximate surface area is 158 Å². The molecule has 0 radical (unpaired) electrons. The molecule has 2 aromatic rings. The Morgan fingerprint density at radius 2 is 1.68 bits per heavy atom. The van der Waals surface area contributed by atoms with Crippen molar-refractivity contribution in [3.8, 4) is 11.1 Å². The number of alkyl halides is 3. The summed E-state index contributed by atoms with van der Waals surface area (Å²) in [5.74, 6) is -1.66. The normalized spacial score (nSPS) is 19.6. The molecular weight excluding hydrogens is 373 g/mol. The Balaban J connectivity index is 1.81. The Bertz CT molecular complexity index is 986. The van der Waals surface area contributed by atoms with Gasteiger partial charge < -0.3 is 4.90 Å². The number of piperidine rings is 1. The third-order valence-corrected chi connectivity index (χ3v) is 5.07. The number of hydrogen-bond acceptors (Lipinski definition) is 3. The fourth-order valence-electron chi connectivity index (χ4n) is 3.70. The van der Waals surface area contributed by atoms with Crippen LogP contribution in [0.2, 0.25) is 0 Å². The highest BCUT2D eigenvalue weighted by molar-refractivity contribution is 6.06. The summed E-state index contributed by atoms with van der Waals surface area (Å²) in [5, 5.41) is 2.18. The number of nitrogens with one attached hydrogen (secondary N) is 1. The van der Waals surface area contributed by atoms with Crippen LogP contribution in [0.1, 0.15) is 34.3 Å². The summed E-state index contributed by atoms with van der Waals surface area (Å²) in [6.07, 6.45) is -4.38. The first-order chi connectivity index (χ1) is 13.3. The fraction of sp³-hybridized carbons (Fsp3) is 0.250. The maximum atomic E-state index is 13.4.